The van der Waals surface area contributed by atoms with Crippen molar-refractivity contribution in [2.24, 2.45) is 0 Å². The third kappa shape index (κ3) is 3.84. The Bertz CT molecular complexity index is 727. The zero-order valence-corrected chi connectivity index (χ0v) is 16.7. The van der Waals surface area contributed by atoms with E-state index in [1.807, 2.05) is 0 Å². The molecule has 121 valence electrons. The Morgan fingerprint density at radius 3 is 1.52 bits per heavy atom. The second-order valence-electron chi connectivity index (χ2n) is 5.66. The summed E-state index contributed by atoms with van der Waals surface area (Å²) in [7, 11) is -0.495. The molecule has 0 bridgehead atoms. The van der Waals surface area contributed by atoms with Gasteiger partial charge in [0.25, 0.3) is 0 Å². The van der Waals surface area contributed by atoms with Crippen LogP contribution in [0.4, 0.5) is 0 Å². The van der Waals surface area contributed by atoms with Crippen LogP contribution in [0, 0.1) is 20.8 Å². The average molecular weight is 501 g/mol. The molecule has 3 aromatic carbocycles. The summed E-state index contributed by atoms with van der Waals surface area (Å²) in [5, 5.41) is 4.29. The van der Waals surface area contributed by atoms with Crippen molar-refractivity contribution in [1.29, 1.82) is 0 Å². The molecule has 3 aromatic rings. The van der Waals surface area contributed by atoms with E-state index in [4.69, 9.17) is 0 Å². The van der Waals surface area contributed by atoms with Crippen molar-refractivity contribution in [2.45, 2.75) is 20.8 Å². The van der Waals surface area contributed by atoms with Gasteiger partial charge in [-0.2, -0.15) is 0 Å². The molecular formula is C21H21AuP. The molecule has 0 spiro atoms. The van der Waals surface area contributed by atoms with Gasteiger partial charge in [0.05, 0.1) is 0 Å². The molecule has 0 aliphatic carbocycles. The Morgan fingerprint density at radius 1 is 0.565 bits per heavy atom. The number of hydrogen-bond donors (Lipinski definition) is 0. The van der Waals surface area contributed by atoms with Crippen LogP contribution in [0.2, 0.25) is 0 Å². The molecule has 0 heterocycles. The summed E-state index contributed by atoms with van der Waals surface area (Å²) in [6.07, 6.45) is 0. The van der Waals surface area contributed by atoms with Crippen LogP contribution in [0.5, 0.6) is 0 Å². The SMILES string of the molecule is Cc1ccc(P(c2ccccc2)c2ccccc2)c(C)c1C.[Au]. The Hall–Kier alpha value is -1.17. The van der Waals surface area contributed by atoms with E-state index >= 15 is 0 Å². The maximum absolute atomic E-state index is 2.32. The minimum atomic E-state index is -0.495. The molecule has 0 N–H and O–H groups in total. The van der Waals surface area contributed by atoms with E-state index in [1.165, 1.54) is 32.6 Å². The van der Waals surface area contributed by atoms with Crippen LogP contribution >= 0.6 is 7.92 Å². The molecule has 0 aromatic heterocycles. The van der Waals surface area contributed by atoms with Gasteiger partial charge in [0.1, 0.15) is 0 Å². The minimum Gasteiger partial charge on any atom is -0.0622 e. The predicted molar refractivity (Wildman–Crippen MR) is 99.4 cm³/mol. The molecular weight excluding hydrogens is 480 g/mol. The van der Waals surface area contributed by atoms with Crippen molar-refractivity contribution in [3.63, 3.8) is 0 Å². The van der Waals surface area contributed by atoms with Crippen LogP contribution < -0.4 is 15.9 Å². The molecule has 0 saturated carbocycles. The summed E-state index contributed by atoms with van der Waals surface area (Å²) >= 11 is 0. The maximum atomic E-state index is 2.32. The molecule has 0 unspecified atom stereocenters. The topological polar surface area (TPSA) is 0 Å². The number of hydrogen-bond acceptors (Lipinski definition) is 0. The van der Waals surface area contributed by atoms with E-state index < -0.39 is 7.92 Å². The zero-order chi connectivity index (χ0) is 15.5. The summed E-state index contributed by atoms with van der Waals surface area (Å²) in [4.78, 5) is 0. The fourth-order valence-electron chi connectivity index (χ4n) is 2.77. The van der Waals surface area contributed by atoms with Gasteiger partial charge >= 0.3 is 0 Å². The number of benzene rings is 3. The second kappa shape index (κ2) is 8.08. The molecule has 0 saturated heterocycles. The van der Waals surface area contributed by atoms with E-state index in [1.54, 1.807) is 0 Å². The third-order valence-corrected chi connectivity index (χ3v) is 6.89. The first-order chi connectivity index (χ1) is 10.7. The third-order valence-electron chi connectivity index (χ3n) is 4.30. The van der Waals surface area contributed by atoms with Crippen LogP contribution in [0.15, 0.2) is 72.8 Å². The summed E-state index contributed by atoms with van der Waals surface area (Å²) in [5.74, 6) is 0. The van der Waals surface area contributed by atoms with Gasteiger partial charge in [0.15, 0.2) is 0 Å². The summed E-state index contributed by atoms with van der Waals surface area (Å²) in [6, 6.07) is 26.4. The van der Waals surface area contributed by atoms with Crippen LogP contribution in [-0.2, 0) is 22.4 Å². The number of aryl methyl sites for hydroxylation is 1. The molecule has 0 aliphatic heterocycles. The molecule has 23 heavy (non-hydrogen) atoms. The van der Waals surface area contributed by atoms with Gasteiger partial charge in [-0.1, -0.05) is 72.8 Å². The quantitative estimate of drug-likeness (QED) is 0.370. The molecule has 0 aliphatic rings. The summed E-state index contributed by atoms with van der Waals surface area (Å²) in [5.41, 5.74) is 4.22. The van der Waals surface area contributed by atoms with Crippen LogP contribution in [0.25, 0.3) is 0 Å². The minimum absolute atomic E-state index is 0. The monoisotopic (exact) mass is 501 g/mol. The molecule has 3 rings (SSSR count). The van der Waals surface area contributed by atoms with Crippen molar-refractivity contribution < 1.29 is 22.4 Å². The van der Waals surface area contributed by atoms with Crippen LogP contribution in [0.3, 0.4) is 0 Å². The van der Waals surface area contributed by atoms with E-state index in [0.29, 0.717) is 0 Å². The average Bonchev–Trinajstić information content (AvgIpc) is 2.57. The van der Waals surface area contributed by atoms with E-state index in [0.717, 1.165) is 0 Å². The second-order valence-corrected chi connectivity index (χ2v) is 7.84. The molecule has 0 nitrogen and oxygen atoms in total. The normalized spacial score (nSPS) is 10.4. The predicted octanol–water partition coefficient (Wildman–Crippen LogP) is 4.37. The first-order valence-electron chi connectivity index (χ1n) is 7.65. The van der Waals surface area contributed by atoms with E-state index in [9.17, 15) is 0 Å². The molecule has 0 atom stereocenters. The van der Waals surface area contributed by atoms with E-state index in [-0.39, 0.29) is 22.4 Å². The fraction of sp³-hybridized carbons (Fsp3) is 0.143. The van der Waals surface area contributed by atoms with Gasteiger partial charge in [0.2, 0.25) is 0 Å². The Balaban J connectivity index is 0.00000192. The van der Waals surface area contributed by atoms with Gasteiger partial charge in [0, 0.05) is 22.4 Å². The molecule has 0 fully saturated rings. The van der Waals surface area contributed by atoms with Crippen molar-refractivity contribution in [1.82, 2.24) is 0 Å². The Labute approximate surface area is 156 Å². The van der Waals surface area contributed by atoms with Gasteiger partial charge < -0.3 is 0 Å². The van der Waals surface area contributed by atoms with Crippen molar-refractivity contribution in [3.05, 3.63) is 89.5 Å². The summed E-state index contributed by atoms with van der Waals surface area (Å²) < 4.78 is 0. The molecule has 2 heteroatoms. The van der Waals surface area contributed by atoms with Gasteiger partial charge in [-0.25, -0.2) is 0 Å². The van der Waals surface area contributed by atoms with Gasteiger partial charge in [-0.15, -0.1) is 0 Å². The van der Waals surface area contributed by atoms with Crippen molar-refractivity contribution in [2.75, 3.05) is 0 Å². The van der Waals surface area contributed by atoms with Gasteiger partial charge in [-0.3, -0.25) is 0 Å². The summed E-state index contributed by atoms with van der Waals surface area (Å²) in [6.45, 7) is 6.69. The Kier molecular flexibility index (Phi) is 6.39. The molecule has 0 amide bonds. The van der Waals surface area contributed by atoms with Crippen molar-refractivity contribution >= 4 is 23.8 Å². The van der Waals surface area contributed by atoms with Crippen LogP contribution in [0.1, 0.15) is 16.7 Å². The standard InChI is InChI=1S/C21H21P.Au/c1-16-14-15-21(18(3)17(16)2)22(19-10-6-4-7-11-19)20-12-8-5-9-13-20;/h4-15H,1-3H3;. The van der Waals surface area contributed by atoms with Crippen molar-refractivity contribution in [3.8, 4) is 0 Å². The first-order valence-corrected chi connectivity index (χ1v) is 8.99. The van der Waals surface area contributed by atoms with Crippen LogP contribution in [-0.4, -0.2) is 0 Å². The first kappa shape index (κ1) is 18.2. The number of rotatable bonds is 3. The van der Waals surface area contributed by atoms with E-state index in [2.05, 4.69) is 93.6 Å². The Morgan fingerprint density at radius 2 is 1.04 bits per heavy atom. The molecule has 1 radical (unpaired) electrons. The smallest absolute Gasteiger partial charge is 0 e. The van der Waals surface area contributed by atoms with Gasteiger partial charge in [-0.05, 0) is 61.3 Å². The zero-order valence-electron chi connectivity index (χ0n) is 13.7. The maximum Gasteiger partial charge on any atom is 0 e. The fourth-order valence-corrected chi connectivity index (χ4v) is 5.29. The largest absolute Gasteiger partial charge is 0.0622 e.